The zero-order valence-electron chi connectivity index (χ0n) is 17.4. The quantitative estimate of drug-likeness (QED) is 0.342. The smallest absolute Gasteiger partial charge is 0.196 e. The van der Waals surface area contributed by atoms with Gasteiger partial charge in [0.2, 0.25) is 0 Å². The first kappa shape index (κ1) is 20.4. The van der Waals surface area contributed by atoms with Crippen LogP contribution in [0.5, 0.6) is 0 Å². The molecule has 1 N–H and O–H groups in total. The van der Waals surface area contributed by atoms with Gasteiger partial charge in [0.05, 0.1) is 22.8 Å². The monoisotopic (exact) mass is 462 g/mol. The second-order valence-electron chi connectivity index (χ2n) is 7.62. The molecule has 5 heteroatoms. The summed E-state index contributed by atoms with van der Waals surface area (Å²) in [5, 5.41) is 4.13. The van der Waals surface area contributed by atoms with Gasteiger partial charge in [0.25, 0.3) is 0 Å². The van der Waals surface area contributed by atoms with E-state index in [1.54, 1.807) is 0 Å². The summed E-state index contributed by atoms with van der Waals surface area (Å²) in [5.41, 5.74) is 5.96. The van der Waals surface area contributed by atoms with Crippen LogP contribution in [0.25, 0.3) is 22.3 Å². The maximum atomic E-state index is 13.2. The first-order valence-corrected chi connectivity index (χ1v) is 10.7. The van der Waals surface area contributed by atoms with E-state index in [1.807, 2.05) is 69.3 Å². The molecule has 0 amide bonds. The number of anilines is 1. The lowest BCUT2D eigenvalue weighted by Crippen LogP contribution is -2.13. The molecule has 4 rings (SSSR count). The molecule has 2 heterocycles. The van der Waals surface area contributed by atoms with Gasteiger partial charge in [0, 0.05) is 16.7 Å². The first-order valence-electron chi connectivity index (χ1n) is 9.88. The van der Waals surface area contributed by atoms with Crippen LogP contribution in [0, 0.1) is 20.8 Å². The topological polar surface area (TPSA) is 55.1 Å². The third-order valence-corrected chi connectivity index (χ3v) is 5.76. The highest BCUT2D eigenvalue weighted by atomic mass is 79.9. The van der Waals surface area contributed by atoms with E-state index >= 15 is 0 Å². The van der Waals surface area contributed by atoms with Crippen LogP contribution in [0.3, 0.4) is 0 Å². The van der Waals surface area contributed by atoms with Gasteiger partial charge in [0.15, 0.2) is 5.43 Å². The van der Waals surface area contributed by atoms with Crippen LogP contribution in [-0.2, 0) is 0 Å². The van der Waals surface area contributed by atoms with Crippen molar-refractivity contribution in [2.45, 2.75) is 33.7 Å². The molecule has 4 nitrogen and oxygen atoms in total. The molecular weight excluding hydrogens is 440 g/mol. The number of halogens is 1. The van der Waals surface area contributed by atoms with Crippen molar-refractivity contribution in [3.05, 3.63) is 91.8 Å². The Morgan fingerprint density at radius 3 is 2.47 bits per heavy atom. The minimum atomic E-state index is -0.0800. The number of rotatable bonds is 4. The fourth-order valence-electron chi connectivity index (χ4n) is 3.75. The molecule has 1 atom stereocenters. The number of pyridine rings is 1. The van der Waals surface area contributed by atoms with Crippen molar-refractivity contribution >= 4 is 32.6 Å². The fourth-order valence-corrected chi connectivity index (χ4v) is 4.15. The molecule has 0 fully saturated rings. The van der Waals surface area contributed by atoms with Gasteiger partial charge < -0.3 is 9.73 Å². The number of fused-ring (bicyclic) bond motifs is 1. The summed E-state index contributed by atoms with van der Waals surface area (Å²) in [4.78, 5) is 17.7. The average Bonchev–Trinajstić information content (AvgIpc) is 2.73. The van der Waals surface area contributed by atoms with Crippen molar-refractivity contribution in [3.8, 4) is 11.3 Å². The molecule has 0 radical (unpaired) electrons. The van der Waals surface area contributed by atoms with Gasteiger partial charge in [-0.2, -0.15) is 0 Å². The maximum absolute atomic E-state index is 13.2. The van der Waals surface area contributed by atoms with E-state index in [-0.39, 0.29) is 11.5 Å². The summed E-state index contributed by atoms with van der Waals surface area (Å²) in [7, 11) is 0. The Morgan fingerprint density at radius 2 is 1.77 bits per heavy atom. The number of hydrogen-bond donors (Lipinski definition) is 1. The van der Waals surface area contributed by atoms with E-state index in [2.05, 4.69) is 39.2 Å². The SMILES string of the molecule is Cc1cc(C(C)Nc2ccc(Br)nc2C)c2oc(-c3ccccc3)c(C)c(=O)c2c1. The second kappa shape index (κ2) is 8.07. The van der Waals surface area contributed by atoms with Crippen LogP contribution in [0.1, 0.15) is 35.3 Å². The zero-order chi connectivity index (χ0) is 21.4. The van der Waals surface area contributed by atoms with Gasteiger partial charge in [-0.05, 0) is 67.4 Å². The fraction of sp³-hybridized carbons (Fsp3) is 0.200. The van der Waals surface area contributed by atoms with Crippen molar-refractivity contribution in [1.82, 2.24) is 4.98 Å². The molecule has 0 saturated heterocycles. The standard InChI is InChI=1S/C25H23BrN2O2/c1-14-12-19(16(3)27-21-10-11-22(26)28-17(21)4)25-20(13-14)23(29)15(2)24(30-25)18-8-6-5-7-9-18/h5-13,16,27H,1-4H3. The Bertz CT molecular complexity index is 1300. The van der Waals surface area contributed by atoms with Crippen molar-refractivity contribution in [1.29, 1.82) is 0 Å². The summed E-state index contributed by atoms with van der Waals surface area (Å²) in [6, 6.07) is 17.6. The Hall–Kier alpha value is -2.92. The van der Waals surface area contributed by atoms with Gasteiger partial charge in [-0.15, -0.1) is 0 Å². The van der Waals surface area contributed by atoms with E-state index < -0.39 is 0 Å². The summed E-state index contributed by atoms with van der Waals surface area (Å²) in [5.74, 6) is 0.617. The minimum Gasteiger partial charge on any atom is -0.455 e. The largest absolute Gasteiger partial charge is 0.455 e. The van der Waals surface area contributed by atoms with E-state index in [0.717, 1.165) is 32.7 Å². The molecule has 0 aliphatic rings. The Kier molecular flexibility index (Phi) is 5.48. The summed E-state index contributed by atoms with van der Waals surface area (Å²) < 4.78 is 7.19. The summed E-state index contributed by atoms with van der Waals surface area (Å²) in [6.45, 7) is 7.86. The van der Waals surface area contributed by atoms with Gasteiger partial charge in [0.1, 0.15) is 15.9 Å². The van der Waals surface area contributed by atoms with E-state index in [1.165, 1.54) is 0 Å². The minimum absolute atomic E-state index is 0.00809. The third-order valence-electron chi connectivity index (χ3n) is 5.32. The number of benzene rings is 2. The molecule has 30 heavy (non-hydrogen) atoms. The molecule has 0 spiro atoms. The normalized spacial score (nSPS) is 12.2. The highest BCUT2D eigenvalue weighted by Crippen LogP contribution is 2.32. The van der Waals surface area contributed by atoms with Gasteiger partial charge in [-0.3, -0.25) is 4.79 Å². The molecule has 152 valence electrons. The van der Waals surface area contributed by atoms with Gasteiger partial charge in [-0.1, -0.05) is 36.4 Å². The molecule has 0 saturated carbocycles. The number of aryl methyl sites for hydroxylation is 2. The highest BCUT2D eigenvalue weighted by Gasteiger charge is 2.19. The molecule has 4 aromatic rings. The Balaban J connectivity index is 1.89. The maximum Gasteiger partial charge on any atom is 0.196 e. The lowest BCUT2D eigenvalue weighted by Gasteiger charge is -2.19. The molecule has 0 aliphatic carbocycles. The lowest BCUT2D eigenvalue weighted by molar-refractivity contribution is 0.605. The van der Waals surface area contributed by atoms with Crippen LogP contribution in [0.4, 0.5) is 5.69 Å². The van der Waals surface area contributed by atoms with Crippen molar-refractivity contribution < 1.29 is 4.42 Å². The van der Waals surface area contributed by atoms with Crippen LogP contribution < -0.4 is 10.7 Å². The van der Waals surface area contributed by atoms with Crippen LogP contribution in [0.15, 0.2) is 68.4 Å². The van der Waals surface area contributed by atoms with Crippen LogP contribution in [-0.4, -0.2) is 4.98 Å². The molecule has 0 aliphatic heterocycles. The Labute approximate surface area is 184 Å². The van der Waals surface area contributed by atoms with Crippen molar-refractivity contribution in [3.63, 3.8) is 0 Å². The van der Waals surface area contributed by atoms with E-state index in [4.69, 9.17) is 4.42 Å². The lowest BCUT2D eigenvalue weighted by atomic mass is 9.99. The number of nitrogens with one attached hydrogen (secondary N) is 1. The first-order chi connectivity index (χ1) is 14.3. The molecule has 0 bridgehead atoms. The number of aromatic nitrogens is 1. The summed E-state index contributed by atoms with van der Waals surface area (Å²) >= 11 is 3.41. The van der Waals surface area contributed by atoms with Crippen LogP contribution >= 0.6 is 15.9 Å². The van der Waals surface area contributed by atoms with Crippen LogP contribution in [0.2, 0.25) is 0 Å². The predicted molar refractivity (Wildman–Crippen MR) is 126 cm³/mol. The number of hydrogen-bond acceptors (Lipinski definition) is 4. The second-order valence-corrected chi connectivity index (χ2v) is 8.43. The molecule has 2 aromatic heterocycles. The average molecular weight is 463 g/mol. The molecule has 1 unspecified atom stereocenters. The van der Waals surface area contributed by atoms with Gasteiger partial charge >= 0.3 is 0 Å². The molecule has 2 aromatic carbocycles. The summed E-state index contributed by atoms with van der Waals surface area (Å²) in [6.07, 6.45) is 0. The third kappa shape index (κ3) is 3.77. The molecular formula is C25H23BrN2O2. The van der Waals surface area contributed by atoms with E-state index in [0.29, 0.717) is 22.3 Å². The number of nitrogens with zero attached hydrogens (tertiary/aromatic N) is 1. The highest BCUT2D eigenvalue weighted by molar-refractivity contribution is 9.10. The van der Waals surface area contributed by atoms with Gasteiger partial charge in [-0.25, -0.2) is 4.98 Å². The van der Waals surface area contributed by atoms with Crippen molar-refractivity contribution in [2.24, 2.45) is 0 Å². The predicted octanol–water partition coefficient (Wildman–Crippen LogP) is 6.72. The van der Waals surface area contributed by atoms with E-state index in [9.17, 15) is 4.79 Å². The Morgan fingerprint density at radius 1 is 1.03 bits per heavy atom. The zero-order valence-corrected chi connectivity index (χ0v) is 19.0. The van der Waals surface area contributed by atoms with Crippen molar-refractivity contribution in [2.75, 3.05) is 5.32 Å².